The second-order valence-corrected chi connectivity index (χ2v) is 24.5. The zero-order valence-electron chi connectivity index (χ0n) is 61.2. The van der Waals surface area contributed by atoms with Gasteiger partial charge in [-0.15, -0.1) is 0 Å². The maximum atomic E-state index is 14.9. The van der Waals surface area contributed by atoms with Crippen LogP contribution in [0.4, 0.5) is 0 Å². The molecule has 107 heavy (non-hydrogen) atoms. The van der Waals surface area contributed by atoms with E-state index in [1.807, 2.05) is 6.92 Å². The third-order valence-corrected chi connectivity index (χ3v) is 15.3. The standard InChI is InChI=1S/C60H121N37O10/c1-2-3-4-23-42(98)89-34(15-6-25-81-53(64)65)44(100)91-36(17-8-27-83-55(68)69)46(102)93-38(19-10-29-85-57(72)73)48(104)95-40(21-12-31-87-59(76)77)50(106)97-41(22-13-32-88-60(78)79)51(107)96-39(20-11-30-86-58(74)75)49(105)94-37(18-9-28-84-56(70)71)47(103)92-35(16-7-26-82-54(66)67)45(101)90-33(43(61)99)14-5-24-80-52(62)63/h33-41H,2-32H2,1H3,(H2,61,99)(H,89,98)(H,90,101)(H,91,100)(H,92,103)(H,93,102)(H,94,105)(H,95,104)(H,96,107)(H,97,106)(H4,62,63,80)(H4,64,65,81)(H4,66,67,82)(H4,68,69,83)(H4,70,71,84)(H4,72,73,85)(H4,74,75,86)(H4,76,77,87)(H4,78,79,88)/t33-,34-,35-,36-,37-,38-,39-,40-,41-/m0/s1. The smallest absolute Gasteiger partial charge is 0.243 e. The van der Waals surface area contributed by atoms with E-state index in [9.17, 15) is 47.9 Å². The zero-order chi connectivity index (χ0) is 80.8. The molecule has 47 nitrogen and oxygen atoms in total. The van der Waals surface area contributed by atoms with E-state index in [1.54, 1.807) is 0 Å². The third kappa shape index (κ3) is 48.7. The molecule has 0 aromatic carbocycles. The van der Waals surface area contributed by atoms with E-state index >= 15 is 0 Å². The molecule has 0 rings (SSSR count). The Morgan fingerprint density at radius 2 is 0.364 bits per heavy atom. The predicted octanol–water partition coefficient (Wildman–Crippen LogP) is -12.1. The zero-order valence-corrected chi connectivity index (χ0v) is 61.2. The van der Waals surface area contributed by atoms with Crippen molar-refractivity contribution in [2.45, 2.75) is 203 Å². The first-order valence-corrected chi connectivity index (χ1v) is 35.1. The average Bonchev–Trinajstić information content (AvgIpc) is 0.856. The van der Waals surface area contributed by atoms with E-state index in [-0.39, 0.29) is 235 Å². The highest BCUT2D eigenvalue weighted by Gasteiger charge is 2.36. The molecule has 0 aromatic heterocycles. The summed E-state index contributed by atoms with van der Waals surface area (Å²) in [6.45, 7) is 1.82. The summed E-state index contributed by atoms with van der Waals surface area (Å²) in [4.78, 5) is 178. The Bertz CT molecular complexity index is 3050. The van der Waals surface area contributed by atoms with Crippen molar-refractivity contribution in [2.24, 2.45) is 154 Å². The molecule has 47 N–H and O–H groups in total. The number of nitrogens with two attached hydrogens (primary N) is 19. The molecule has 47 heteroatoms. The van der Waals surface area contributed by atoms with Crippen LogP contribution in [0.25, 0.3) is 0 Å². The fourth-order valence-corrected chi connectivity index (χ4v) is 9.95. The van der Waals surface area contributed by atoms with Crippen LogP contribution in [-0.2, 0) is 47.9 Å². The maximum absolute atomic E-state index is 14.9. The van der Waals surface area contributed by atoms with Crippen LogP contribution in [-0.4, -0.2) is 226 Å². The molecule has 0 fully saturated rings. The summed E-state index contributed by atoms with van der Waals surface area (Å²) in [6.07, 6.45) is 1.73. The van der Waals surface area contributed by atoms with E-state index in [0.29, 0.717) is 6.42 Å². The number of carbonyl (C=O) groups excluding carboxylic acids is 10. The van der Waals surface area contributed by atoms with Gasteiger partial charge in [0.15, 0.2) is 53.6 Å². The van der Waals surface area contributed by atoms with Crippen molar-refractivity contribution in [2.75, 3.05) is 58.9 Å². The molecular formula is C60H121N37O10. The van der Waals surface area contributed by atoms with Crippen molar-refractivity contribution >= 4 is 113 Å². The normalized spacial score (nSPS) is 13.1. The Hall–Kier alpha value is -11.9. The molecule has 0 heterocycles. The molecule has 0 radical (unpaired) electrons. The molecule has 0 saturated carbocycles. The molecule has 10 amide bonds. The lowest BCUT2D eigenvalue weighted by atomic mass is 10.0. The predicted molar refractivity (Wildman–Crippen MR) is 410 cm³/mol. The largest absolute Gasteiger partial charge is 0.370 e. The minimum Gasteiger partial charge on any atom is -0.370 e. The molecular weight excluding hydrogens is 1400 g/mol. The quantitative estimate of drug-likeness (QED) is 0.0153. The molecule has 0 aromatic rings. The SMILES string of the molecule is CCCCCC(=O)N[C@@H](CCCN=C(N)N)C(=O)N[C@@H](CCCN=C(N)N)C(=O)N[C@@H](CCCN=C(N)N)C(=O)N[C@@H](CCCN=C(N)N)C(=O)N[C@@H](CCCN=C(N)N)C(=O)N[C@@H](CCCN=C(N)N)C(=O)N[C@@H](CCCN=C(N)N)C(=O)N[C@@H](CCCN=C(N)N)C(=O)N[C@@H](CCCN=C(N)N)C(N)=O. The van der Waals surface area contributed by atoms with Gasteiger partial charge in [-0.2, -0.15) is 0 Å². The van der Waals surface area contributed by atoms with Crippen LogP contribution in [0, 0.1) is 0 Å². The second-order valence-electron chi connectivity index (χ2n) is 24.5. The van der Waals surface area contributed by atoms with Gasteiger partial charge in [0.05, 0.1) is 0 Å². The Kier molecular flexibility index (Phi) is 49.5. The molecule has 0 aliphatic carbocycles. The second kappa shape index (κ2) is 55.6. The van der Waals surface area contributed by atoms with Crippen molar-refractivity contribution in [1.82, 2.24) is 47.9 Å². The van der Waals surface area contributed by atoms with Crippen molar-refractivity contribution in [3.63, 3.8) is 0 Å². The number of nitrogens with one attached hydrogen (secondary N) is 9. The molecule has 0 saturated heterocycles. The van der Waals surface area contributed by atoms with Crippen LogP contribution in [0.1, 0.15) is 148 Å². The summed E-state index contributed by atoms with van der Waals surface area (Å²) in [7, 11) is 0. The number of unbranched alkanes of at least 4 members (excludes halogenated alkanes) is 2. The lowest BCUT2D eigenvalue weighted by Gasteiger charge is -2.28. The van der Waals surface area contributed by atoms with Crippen LogP contribution in [0.2, 0.25) is 0 Å². The van der Waals surface area contributed by atoms with Gasteiger partial charge in [-0.1, -0.05) is 19.8 Å². The maximum Gasteiger partial charge on any atom is 0.243 e. The monoisotopic (exact) mass is 1520 g/mol. The number of hydrogen-bond donors (Lipinski definition) is 28. The van der Waals surface area contributed by atoms with Gasteiger partial charge < -0.3 is 157 Å². The van der Waals surface area contributed by atoms with Crippen molar-refractivity contribution in [3.05, 3.63) is 0 Å². The van der Waals surface area contributed by atoms with Gasteiger partial charge in [-0.3, -0.25) is 92.9 Å². The third-order valence-electron chi connectivity index (χ3n) is 15.3. The first-order valence-electron chi connectivity index (χ1n) is 35.1. The van der Waals surface area contributed by atoms with Gasteiger partial charge in [-0.25, -0.2) is 0 Å². The molecule has 606 valence electrons. The Labute approximate surface area is 621 Å². The number of hydrogen-bond acceptors (Lipinski definition) is 19. The highest BCUT2D eigenvalue weighted by molar-refractivity contribution is 5.99. The van der Waals surface area contributed by atoms with Crippen molar-refractivity contribution < 1.29 is 47.9 Å². The minimum atomic E-state index is -1.58. The highest BCUT2D eigenvalue weighted by Crippen LogP contribution is 2.13. The number of rotatable bonds is 58. The topological polar surface area (TPSA) is 885 Å². The summed E-state index contributed by atoms with van der Waals surface area (Å²) < 4.78 is 0. The van der Waals surface area contributed by atoms with Gasteiger partial charge in [0.25, 0.3) is 0 Å². The van der Waals surface area contributed by atoms with Gasteiger partial charge in [0, 0.05) is 65.3 Å². The molecule has 0 aliphatic heterocycles. The highest BCUT2D eigenvalue weighted by atomic mass is 16.2. The average molecular weight is 1520 g/mol. The lowest BCUT2D eigenvalue weighted by molar-refractivity contribution is -0.136. The number of carbonyl (C=O) groups is 10. The van der Waals surface area contributed by atoms with E-state index in [0.717, 1.165) is 12.8 Å². The van der Waals surface area contributed by atoms with E-state index in [4.69, 9.17) is 109 Å². The Balaban J connectivity index is 7.94. The van der Waals surface area contributed by atoms with Gasteiger partial charge in [-0.05, 0) is 122 Å². The van der Waals surface area contributed by atoms with Crippen LogP contribution in [0.5, 0.6) is 0 Å². The summed E-state index contributed by atoms with van der Waals surface area (Å²) in [5.74, 6) is -11.1. The van der Waals surface area contributed by atoms with E-state index in [1.165, 1.54) is 0 Å². The summed E-state index contributed by atoms with van der Waals surface area (Å²) in [5.41, 5.74) is 106. The summed E-state index contributed by atoms with van der Waals surface area (Å²) in [6, 6.07) is -13.0. The van der Waals surface area contributed by atoms with E-state index < -0.39 is 113 Å². The molecule has 0 aliphatic rings. The number of amides is 10. The molecule has 0 spiro atoms. The first kappa shape index (κ1) is 95.1. The minimum absolute atomic E-state index is 0.000848. The van der Waals surface area contributed by atoms with Crippen molar-refractivity contribution in [1.29, 1.82) is 0 Å². The summed E-state index contributed by atoms with van der Waals surface area (Å²) in [5, 5.41) is 23.9. The Morgan fingerprint density at radius 1 is 0.215 bits per heavy atom. The molecule has 0 bridgehead atoms. The first-order chi connectivity index (χ1) is 50.6. The Morgan fingerprint density at radius 3 is 0.514 bits per heavy atom. The van der Waals surface area contributed by atoms with Crippen LogP contribution in [0.3, 0.4) is 0 Å². The van der Waals surface area contributed by atoms with Crippen LogP contribution >= 0.6 is 0 Å². The van der Waals surface area contributed by atoms with Gasteiger partial charge >= 0.3 is 0 Å². The fourth-order valence-electron chi connectivity index (χ4n) is 9.95. The number of primary amides is 1. The molecule has 9 atom stereocenters. The fraction of sp³-hybridized carbons (Fsp3) is 0.683. The van der Waals surface area contributed by atoms with Crippen molar-refractivity contribution in [3.8, 4) is 0 Å². The molecule has 0 unspecified atom stereocenters. The van der Waals surface area contributed by atoms with Crippen LogP contribution < -0.4 is 157 Å². The number of aliphatic imine (C=N–C) groups is 9. The lowest BCUT2D eigenvalue weighted by Crippen LogP contribution is -2.60. The van der Waals surface area contributed by atoms with Crippen LogP contribution in [0.15, 0.2) is 44.9 Å². The summed E-state index contributed by atoms with van der Waals surface area (Å²) >= 11 is 0. The number of nitrogens with zero attached hydrogens (tertiary/aromatic N) is 9. The van der Waals surface area contributed by atoms with E-state index in [2.05, 4.69) is 92.8 Å². The number of guanidine groups is 9. The van der Waals surface area contributed by atoms with Gasteiger partial charge in [0.1, 0.15) is 54.4 Å². The van der Waals surface area contributed by atoms with Gasteiger partial charge in [0.2, 0.25) is 59.1 Å².